The van der Waals surface area contributed by atoms with E-state index in [0.717, 1.165) is 0 Å². The summed E-state index contributed by atoms with van der Waals surface area (Å²) in [5, 5.41) is 25.2. The molecule has 21 heavy (non-hydrogen) atoms. The largest absolute Gasteiger partial charge is 0.508 e. The molecule has 2 aromatic rings. The topological polar surface area (TPSA) is 104 Å². The number of hydrogen-bond acceptors (Lipinski definition) is 4. The van der Waals surface area contributed by atoms with Crippen molar-refractivity contribution in [3.63, 3.8) is 0 Å². The molecule has 2 rings (SSSR count). The highest BCUT2D eigenvalue weighted by atomic mass is 16.6. The number of carbonyl (C=O) groups is 1. The van der Waals surface area contributed by atoms with E-state index in [-0.39, 0.29) is 11.4 Å². The molecule has 2 amide bonds. The van der Waals surface area contributed by atoms with Crippen LogP contribution in [0.3, 0.4) is 0 Å². The van der Waals surface area contributed by atoms with Crippen LogP contribution in [0.1, 0.15) is 5.56 Å². The quantitative estimate of drug-likeness (QED) is 0.595. The molecule has 0 aromatic heterocycles. The molecular formula is C14H13N3O4. The molecule has 0 heterocycles. The van der Waals surface area contributed by atoms with Gasteiger partial charge >= 0.3 is 6.03 Å². The number of nitrogens with zero attached hydrogens (tertiary/aromatic N) is 1. The first-order valence-corrected chi connectivity index (χ1v) is 6.08. The fourth-order valence-corrected chi connectivity index (χ4v) is 1.68. The molecule has 0 radical (unpaired) electrons. The number of benzene rings is 2. The maximum Gasteiger partial charge on any atom is 0.323 e. The van der Waals surface area contributed by atoms with Crippen LogP contribution in [0.15, 0.2) is 42.5 Å². The predicted molar refractivity (Wildman–Crippen MR) is 78.6 cm³/mol. The molecule has 0 bridgehead atoms. The molecular weight excluding hydrogens is 274 g/mol. The van der Waals surface area contributed by atoms with Crippen molar-refractivity contribution >= 4 is 23.1 Å². The van der Waals surface area contributed by atoms with E-state index in [4.69, 9.17) is 0 Å². The number of non-ortho nitro benzene ring substituents is 1. The molecule has 0 aliphatic rings. The average Bonchev–Trinajstić information content (AvgIpc) is 2.43. The number of anilines is 2. The third kappa shape index (κ3) is 3.69. The highest BCUT2D eigenvalue weighted by Gasteiger charge is 2.08. The third-order valence-corrected chi connectivity index (χ3v) is 2.78. The maximum atomic E-state index is 11.8. The van der Waals surface area contributed by atoms with Crippen molar-refractivity contribution in [2.24, 2.45) is 0 Å². The van der Waals surface area contributed by atoms with Crippen molar-refractivity contribution in [3.8, 4) is 5.75 Å². The number of nitro benzene ring substituents is 1. The van der Waals surface area contributed by atoms with Crippen molar-refractivity contribution in [1.82, 2.24) is 0 Å². The number of carbonyl (C=O) groups excluding carboxylic acids is 1. The van der Waals surface area contributed by atoms with Crippen molar-refractivity contribution in [2.45, 2.75) is 6.92 Å². The molecule has 3 N–H and O–H groups in total. The summed E-state index contributed by atoms with van der Waals surface area (Å²) in [6.07, 6.45) is 0. The molecule has 0 atom stereocenters. The molecule has 108 valence electrons. The van der Waals surface area contributed by atoms with Gasteiger partial charge in [0, 0.05) is 29.6 Å². The lowest BCUT2D eigenvalue weighted by Crippen LogP contribution is -2.19. The first-order chi connectivity index (χ1) is 9.95. The molecule has 7 heteroatoms. The van der Waals surface area contributed by atoms with Crippen LogP contribution in [0.2, 0.25) is 0 Å². The van der Waals surface area contributed by atoms with E-state index < -0.39 is 11.0 Å². The van der Waals surface area contributed by atoms with Crippen LogP contribution >= 0.6 is 0 Å². The van der Waals surface area contributed by atoms with E-state index in [0.29, 0.717) is 16.9 Å². The SMILES string of the molecule is Cc1ccc(NC(=O)Nc2cccc([N+](=O)[O-])c2)cc1O. The van der Waals surface area contributed by atoms with Gasteiger partial charge in [0.25, 0.3) is 5.69 Å². The van der Waals surface area contributed by atoms with Crippen LogP contribution in [0.25, 0.3) is 0 Å². The van der Waals surface area contributed by atoms with Gasteiger partial charge in [-0.25, -0.2) is 4.79 Å². The zero-order valence-electron chi connectivity index (χ0n) is 11.2. The minimum Gasteiger partial charge on any atom is -0.508 e. The number of rotatable bonds is 3. The number of amides is 2. The van der Waals surface area contributed by atoms with Crippen LogP contribution < -0.4 is 10.6 Å². The van der Waals surface area contributed by atoms with Gasteiger partial charge < -0.3 is 15.7 Å². The number of hydrogen-bond donors (Lipinski definition) is 3. The Morgan fingerprint density at radius 3 is 2.43 bits per heavy atom. The Morgan fingerprint density at radius 1 is 1.14 bits per heavy atom. The second-order valence-corrected chi connectivity index (χ2v) is 4.39. The molecule has 0 saturated carbocycles. The molecule has 0 unspecified atom stereocenters. The van der Waals surface area contributed by atoms with Crippen molar-refractivity contribution < 1.29 is 14.8 Å². The van der Waals surface area contributed by atoms with Crippen LogP contribution in [0, 0.1) is 17.0 Å². The first-order valence-electron chi connectivity index (χ1n) is 6.08. The molecule has 0 aliphatic heterocycles. The van der Waals surface area contributed by atoms with Crippen molar-refractivity contribution in [2.75, 3.05) is 10.6 Å². The van der Waals surface area contributed by atoms with Gasteiger partial charge in [-0.05, 0) is 24.6 Å². The zero-order chi connectivity index (χ0) is 15.4. The molecule has 0 saturated heterocycles. The van der Waals surface area contributed by atoms with Gasteiger partial charge in [-0.1, -0.05) is 12.1 Å². The first kappa shape index (κ1) is 14.3. The van der Waals surface area contributed by atoms with Gasteiger partial charge in [-0.2, -0.15) is 0 Å². The van der Waals surface area contributed by atoms with Crippen molar-refractivity contribution in [3.05, 3.63) is 58.1 Å². The fraction of sp³-hybridized carbons (Fsp3) is 0.0714. The van der Waals surface area contributed by atoms with E-state index >= 15 is 0 Å². The summed E-state index contributed by atoms with van der Waals surface area (Å²) < 4.78 is 0. The summed E-state index contributed by atoms with van der Waals surface area (Å²) >= 11 is 0. The number of phenolic OH excluding ortho intramolecular Hbond substituents is 1. The lowest BCUT2D eigenvalue weighted by molar-refractivity contribution is -0.384. The lowest BCUT2D eigenvalue weighted by Gasteiger charge is -2.08. The molecule has 0 spiro atoms. The Hall–Kier alpha value is -3.09. The number of phenols is 1. The third-order valence-electron chi connectivity index (χ3n) is 2.78. The van der Waals surface area contributed by atoms with Gasteiger partial charge in [0.2, 0.25) is 0 Å². The Kier molecular flexibility index (Phi) is 4.03. The van der Waals surface area contributed by atoms with Gasteiger partial charge in [0.15, 0.2) is 0 Å². The summed E-state index contributed by atoms with van der Waals surface area (Å²) in [7, 11) is 0. The Morgan fingerprint density at radius 2 is 1.81 bits per heavy atom. The molecule has 2 aromatic carbocycles. The standard InChI is InChI=1S/C14H13N3O4/c1-9-5-6-11(8-13(9)18)16-14(19)15-10-3-2-4-12(7-10)17(20)21/h2-8,18H,1H3,(H2,15,16,19). The Balaban J connectivity index is 2.06. The zero-order valence-corrected chi connectivity index (χ0v) is 11.2. The summed E-state index contributed by atoms with van der Waals surface area (Å²) in [4.78, 5) is 21.9. The van der Waals surface area contributed by atoms with Gasteiger partial charge in [-0.15, -0.1) is 0 Å². The highest BCUT2D eigenvalue weighted by Crippen LogP contribution is 2.21. The number of aromatic hydroxyl groups is 1. The summed E-state index contributed by atoms with van der Waals surface area (Å²) in [6, 6.07) is 9.78. The number of nitro groups is 1. The van der Waals surface area contributed by atoms with E-state index in [1.807, 2.05) is 0 Å². The van der Waals surface area contributed by atoms with Gasteiger partial charge in [-0.3, -0.25) is 10.1 Å². The predicted octanol–water partition coefficient (Wildman–Crippen LogP) is 3.25. The Bertz CT molecular complexity index is 700. The van der Waals surface area contributed by atoms with Crippen LogP contribution in [0.4, 0.5) is 21.9 Å². The van der Waals surface area contributed by atoms with E-state index in [9.17, 15) is 20.0 Å². The maximum absolute atomic E-state index is 11.8. The molecule has 7 nitrogen and oxygen atoms in total. The second-order valence-electron chi connectivity index (χ2n) is 4.39. The summed E-state index contributed by atoms with van der Waals surface area (Å²) in [5.41, 5.74) is 1.31. The highest BCUT2D eigenvalue weighted by molar-refractivity contribution is 6.00. The average molecular weight is 287 g/mol. The Labute approximate surface area is 120 Å². The van der Waals surface area contributed by atoms with Gasteiger partial charge in [0.1, 0.15) is 5.75 Å². The number of urea groups is 1. The minimum atomic E-state index is -0.557. The smallest absolute Gasteiger partial charge is 0.323 e. The van der Waals surface area contributed by atoms with Crippen molar-refractivity contribution in [1.29, 1.82) is 0 Å². The minimum absolute atomic E-state index is 0.0724. The van der Waals surface area contributed by atoms with Crippen LogP contribution in [-0.2, 0) is 0 Å². The number of nitrogens with one attached hydrogen (secondary N) is 2. The lowest BCUT2D eigenvalue weighted by atomic mass is 10.2. The fourth-order valence-electron chi connectivity index (χ4n) is 1.68. The monoisotopic (exact) mass is 287 g/mol. The van der Waals surface area contributed by atoms with E-state index in [2.05, 4.69) is 10.6 Å². The van der Waals surface area contributed by atoms with E-state index in [1.165, 1.54) is 24.3 Å². The number of aryl methyl sites for hydroxylation is 1. The summed E-state index contributed by atoms with van der Waals surface area (Å²) in [6.45, 7) is 1.74. The molecule has 0 aliphatic carbocycles. The second kappa shape index (κ2) is 5.91. The summed E-state index contributed by atoms with van der Waals surface area (Å²) in [5.74, 6) is 0.0724. The normalized spacial score (nSPS) is 9.95. The van der Waals surface area contributed by atoms with E-state index in [1.54, 1.807) is 25.1 Å². The molecule has 0 fully saturated rings. The van der Waals surface area contributed by atoms with Gasteiger partial charge in [0.05, 0.1) is 4.92 Å². The van der Waals surface area contributed by atoms with Crippen LogP contribution in [-0.4, -0.2) is 16.1 Å². The van der Waals surface area contributed by atoms with Crippen LogP contribution in [0.5, 0.6) is 5.75 Å².